The highest BCUT2D eigenvalue weighted by Gasteiger charge is 2.74. The van der Waals surface area contributed by atoms with Gasteiger partial charge in [-0.05, 0) is 138 Å². The van der Waals surface area contributed by atoms with E-state index >= 15 is 4.79 Å². The molecule has 5 fully saturated rings. The number of hydrogen-bond acceptors (Lipinski definition) is 4. The van der Waals surface area contributed by atoms with Crippen LogP contribution in [0.5, 0.6) is 0 Å². The number of ketones is 2. The third-order valence-corrected chi connectivity index (χ3v) is 18.4. The second kappa shape index (κ2) is 10.1. The molecule has 4 nitrogen and oxygen atoms in total. The Morgan fingerprint density at radius 3 is 2.34 bits per heavy atom. The van der Waals surface area contributed by atoms with E-state index in [9.17, 15) is 9.90 Å². The molecule has 7 aliphatic carbocycles. The molecule has 1 aliphatic heterocycles. The lowest BCUT2D eigenvalue weighted by Crippen LogP contribution is -2.69. The summed E-state index contributed by atoms with van der Waals surface area (Å²) < 4.78 is 6.50. The van der Waals surface area contributed by atoms with E-state index in [0.717, 1.165) is 55.2 Å². The monoisotopic (exact) mass is 644 g/mol. The molecule has 8 aliphatic rings. The summed E-state index contributed by atoms with van der Waals surface area (Å²) in [6, 6.07) is 0. The molecule has 260 valence electrons. The molecule has 1 spiro atoms. The van der Waals surface area contributed by atoms with Crippen molar-refractivity contribution in [1.29, 1.82) is 0 Å². The molecule has 1 unspecified atom stereocenters. The Morgan fingerprint density at radius 1 is 0.851 bits per heavy atom. The quantitative estimate of drug-likeness (QED) is 0.325. The minimum Gasteiger partial charge on any atom is -0.501 e. The van der Waals surface area contributed by atoms with Crippen LogP contribution in [-0.4, -0.2) is 29.4 Å². The number of rotatable bonds is 2. The van der Waals surface area contributed by atoms with Gasteiger partial charge in [-0.3, -0.25) is 9.59 Å². The lowest BCUT2D eigenvalue weighted by atomic mass is 9.34. The van der Waals surface area contributed by atoms with E-state index in [1.165, 1.54) is 38.5 Å². The van der Waals surface area contributed by atoms with Gasteiger partial charge in [0.1, 0.15) is 5.78 Å². The maximum absolute atomic E-state index is 15.5. The van der Waals surface area contributed by atoms with Crippen LogP contribution in [0.1, 0.15) is 152 Å². The van der Waals surface area contributed by atoms with Gasteiger partial charge in [0.25, 0.3) is 0 Å². The van der Waals surface area contributed by atoms with Crippen LogP contribution in [0.25, 0.3) is 0 Å². The van der Waals surface area contributed by atoms with Crippen molar-refractivity contribution < 1.29 is 19.4 Å². The first kappa shape index (κ1) is 32.8. The summed E-state index contributed by atoms with van der Waals surface area (Å²) in [6.45, 7) is 20.0. The fourth-order valence-corrected chi connectivity index (χ4v) is 15.8. The summed E-state index contributed by atoms with van der Waals surface area (Å²) >= 11 is 0. The van der Waals surface area contributed by atoms with E-state index in [4.69, 9.17) is 4.74 Å². The molecule has 1 heterocycles. The van der Waals surface area contributed by atoms with E-state index in [0.29, 0.717) is 43.1 Å². The number of ether oxygens (including phenoxy) is 1. The highest BCUT2D eigenvalue weighted by Crippen LogP contribution is 2.75. The Hall–Kier alpha value is -1.42. The van der Waals surface area contributed by atoms with Gasteiger partial charge in [-0.15, -0.1) is 0 Å². The second-order valence-electron chi connectivity index (χ2n) is 20.4. The number of aliphatic hydroxyl groups excluding tert-OH is 1. The van der Waals surface area contributed by atoms with Gasteiger partial charge in [-0.2, -0.15) is 0 Å². The summed E-state index contributed by atoms with van der Waals surface area (Å²) in [5.74, 6) is 2.12. The van der Waals surface area contributed by atoms with Gasteiger partial charge in [-0.1, -0.05) is 74.7 Å². The van der Waals surface area contributed by atoms with Gasteiger partial charge in [-0.25, -0.2) is 0 Å². The SMILES string of the molecule is CCC[C@@]12COC=C3[C@@H]4CC[C@H]5C(C)(C)CCC[C@]5(C)C4CC(=O)[C@@]31[C@H](O)C1=C(C2)C(=O)C[C@H]2[C@H]1CC[C@@]1(C)C(C)(C)CCC[C@]21C. The van der Waals surface area contributed by atoms with Crippen molar-refractivity contribution in [2.45, 2.75) is 158 Å². The highest BCUT2D eigenvalue weighted by molar-refractivity contribution is 6.00. The third-order valence-electron chi connectivity index (χ3n) is 18.4. The van der Waals surface area contributed by atoms with Crippen LogP contribution in [0.2, 0.25) is 0 Å². The van der Waals surface area contributed by atoms with E-state index in [2.05, 4.69) is 55.4 Å². The summed E-state index contributed by atoms with van der Waals surface area (Å²) in [7, 11) is 0. The normalized spacial score (nSPS) is 51.1. The predicted octanol–water partition coefficient (Wildman–Crippen LogP) is 9.79. The summed E-state index contributed by atoms with van der Waals surface area (Å²) in [4.78, 5) is 30.0. The van der Waals surface area contributed by atoms with Gasteiger partial charge >= 0.3 is 0 Å². The minimum absolute atomic E-state index is 0.0397. The molecule has 0 aromatic heterocycles. The first-order chi connectivity index (χ1) is 22.0. The fraction of sp³-hybridized carbons (Fsp3) is 0.860. The molecule has 0 aromatic carbocycles. The molecule has 0 saturated heterocycles. The van der Waals surface area contributed by atoms with Gasteiger partial charge in [0, 0.05) is 18.3 Å². The average molecular weight is 645 g/mol. The Bertz CT molecular complexity index is 1450. The zero-order valence-electron chi connectivity index (χ0n) is 31.0. The third kappa shape index (κ3) is 3.76. The highest BCUT2D eigenvalue weighted by atomic mass is 16.5. The lowest BCUT2D eigenvalue weighted by molar-refractivity contribution is -0.189. The number of hydrogen-bond donors (Lipinski definition) is 1. The Balaban J connectivity index is 1.26. The zero-order chi connectivity index (χ0) is 33.6. The molecule has 0 bridgehead atoms. The predicted molar refractivity (Wildman–Crippen MR) is 186 cm³/mol. The maximum atomic E-state index is 15.5. The number of aliphatic hydroxyl groups is 1. The minimum atomic E-state index is -0.968. The van der Waals surface area contributed by atoms with E-state index in [1.54, 1.807) is 0 Å². The number of Topliss-reactive ketones (excluding diaryl/α,β-unsaturated/α-hetero) is 2. The molecule has 0 aromatic rings. The van der Waals surface area contributed by atoms with Crippen molar-refractivity contribution >= 4 is 11.6 Å². The van der Waals surface area contributed by atoms with Crippen LogP contribution in [-0.2, 0) is 14.3 Å². The molecular weight excluding hydrogens is 580 g/mol. The molecule has 11 atom stereocenters. The van der Waals surface area contributed by atoms with Gasteiger partial charge in [0.15, 0.2) is 5.78 Å². The molecule has 47 heavy (non-hydrogen) atoms. The molecule has 5 saturated carbocycles. The average Bonchev–Trinajstić information content (AvgIpc) is 2.99. The second-order valence-corrected chi connectivity index (χ2v) is 20.4. The summed E-state index contributed by atoms with van der Waals surface area (Å²) in [5.41, 5.74) is 2.33. The van der Waals surface area contributed by atoms with Crippen molar-refractivity contribution in [1.82, 2.24) is 0 Å². The van der Waals surface area contributed by atoms with Crippen molar-refractivity contribution in [2.75, 3.05) is 6.61 Å². The largest absolute Gasteiger partial charge is 0.501 e. The van der Waals surface area contributed by atoms with E-state index in [-0.39, 0.29) is 51.0 Å². The smallest absolute Gasteiger partial charge is 0.159 e. The van der Waals surface area contributed by atoms with Crippen LogP contribution in [0.15, 0.2) is 23.0 Å². The molecule has 4 heteroatoms. The van der Waals surface area contributed by atoms with Crippen LogP contribution in [0, 0.1) is 67.5 Å². The van der Waals surface area contributed by atoms with Crippen molar-refractivity contribution in [3.63, 3.8) is 0 Å². The van der Waals surface area contributed by atoms with Crippen molar-refractivity contribution in [2.24, 2.45) is 67.5 Å². The molecule has 0 amide bonds. The van der Waals surface area contributed by atoms with E-state index < -0.39 is 16.9 Å². The molecular formula is C43H64O4. The van der Waals surface area contributed by atoms with Crippen molar-refractivity contribution in [3.8, 4) is 0 Å². The molecule has 8 rings (SSSR count). The van der Waals surface area contributed by atoms with Crippen LogP contribution in [0.4, 0.5) is 0 Å². The first-order valence-corrected chi connectivity index (χ1v) is 19.8. The number of carbonyl (C=O) groups is 2. The number of allylic oxidation sites excluding steroid dienone is 1. The van der Waals surface area contributed by atoms with Gasteiger partial charge < -0.3 is 9.84 Å². The van der Waals surface area contributed by atoms with Gasteiger partial charge in [0.2, 0.25) is 0 Å². The first-order valence-electron chi connectivity index (χ1n) is 19.8. The Morgan fingerprint density at radius 2 is 1.60 bits per heavy atom. The van der Waals surface area contributed by atoms with E-state index in [1.807, 2.05) is 6.26 Å². The van der Waals surface area contributed by atoms with Crippen molar-refractivity contribution in [3.05, 3.63) is 23.0 Å². The van der Waals surface area contributed by atoms with Crippen LogP contribution in [0.3, 0.4) is 0 Å². The molecule has 1 N–H and O–H groups in total. The summed E-state index contributed by atoms with van der Waals surface area (Å²) in [6.07, 6.45) is 16.3. The zero-order valence-corrected chi connectivity index (χ0v) is 31.0. The molecule has 0 radical (unpaired) electrons. The van der Waals surface area contributed by atoms with Crippen LogP contribution < -0.4 is 0 Å². The van der Waals surface area contributed by atoms with Crippen LogP contribution >= 0.6 is 0 Å². The fourth-order valence-electron chi connectivity index (χ4n) is 15.8. The summed E-state index contributed by atoms with van der Waals surface area (Å²) in [5, 5.41) is 13.3. The number of carbonyl (C=O) groups excluding carboxylic acids is 2. The Kier molecular flexibility index (Phi) is 7.04. The number of fused-ring (bicyclic) bond motifs is 8. The standard InChI is InChI=1S/C43H64O4/c1-9-15-42-23-28-32(44)21-30-27(14-20-41(8)38(4,5)17-11-19-40(30,41)7)35(28)36(46)43(42)31(24-47-25-42)26-12-13-33-37(2,3)16-10-18-39(33,6)29(26)22-34(43)45/h24,26-27,29-30,33,36,46H,9-23,25H2,1-8H3/t26-,27-,29?,30+,33+,36-,39-,40-,41+,42-,43-/m1/s1. The maximum Gasteiger partial charge on any atom is 0.159 e. The van der Waals surface area contributed by atoms with Gasteiger partial charge in [0.05, 0.1) is 24.4 Å². The topological polar surface area (TPSA) is 63.6 Å². The lowest BCUT2D eigenvalue weighted by Gasteiger charge is -2.70. The Labute approximate surface area is 285 Å².